The number of aliphatic hydroxyl groups excluding tert-OH is 1. The molecule has 5 nitrogen and oxygen atoms in total. The molecule has 1 aliphatic carbocycles. The summed E-state index contributed by atoms with van der Waals surface area (Å²) in [6.45, 7) is 4.83. The molecule has 1 aliphatic heterocycles. The molecule has 0 aromatic heterocycles. The summed E-state index contributed by atoms with van der Waals surface area (Å²) in [7, 11) is 0. The number of hydrogen-bond donors (Lipinski definition) is 2. The van der Waals surface area contributed by atoms with E-state index in [1.165, 1.54) is 0 Å². The van der Waals surface area contributed by atoms with Crippen molar-refractivity contribution in [3.05, 3.63) is 0 Å². The molecule has 1 saturated heterocycles. The Labute approximate surface area is 119 Å². The minimum atomic E-state index is -0.666. The molecule has 1 saturated carbocycles. The van der Waals surface area contributed by atoms with Gasteiger partial charge in [0.1, 0.15) is 0 Å². The molecule has 2 aliphatic rings. The van der Waals surface area contributed by atoms with Crippen molar-refractivity contribution in [1.29, 1.82) is 0 Å². The Balaban J connectivity index is 2.15. The molecule has 2 unspecified atom stereocenters. The van der Waals surface area contributed by atoms with E-state index in [9.17, 15) is 9.90 Å². The first-order chi connectivity index (χ1) is 8.90. The van der Waals surface area contributed by atoms with Gasteiger partial charge in [-0.05, 0) is 25.7 Å². The van der Waals surface area contributed by atoms with Gasteiger partial charge in [-0.2, -0.15) is 0 Å². The molecule has 0 bridgehead atoms. The Morgan fingerprint density at radius 1 is 1.53 bits per heavy atom. The third-order valence-corrected chi connectivity index (χ3v) is 4.64. The monoisotopic (exact) mass is 286 g/mol. The number of amides is 1. The maximum absolute atomic E-state index is 12.8. The standard InChI is InChI=1S/C13H22N2O3S/c1-8-3-13(4-8,11(14)19)12(17)15-5-10(6-16)18-7-9(15)2/h8-10,16H,3-7H2,1-2H3,(H2,14,19). The molecule has 3 N–H and O–H groups in total. The Kier molecular flexibility index (Phi) is 4.13. The number of thiocarbonyl (C=S) groups is 1. The summed E-state index contributed by atoms with van der Waals surface area (Å²) in [6, 6.07) is -0.00238. The number of carbonyl (C=O) groups excluding carboxylic acids is 1. The minimum absolute atomic E-state index is 0.00238. The molecule has 0 spiro atoms. The molecule has 2 rings (SSSR count). The van der Waals surface area contributed by atoms with Crippen molar-refractivity contribution < 1.29 is 14.6 Å². The molecule has 0 radical (unpaired) electrons. The first-order valence-electron chi connectivity index (χ1n) is 6.74. The van der Waals surface area contributed by atoms with Gasteiger partial charge in [0.2, 0.25) is 5.91 Å². The fourth-order valence-corrected chi connectivity index (χ4v) is 3.35. The summed E-state index contributed by atoms with van der Waals surface area (Å²) >= 11 is 5.13. The fraction of sp³-hybridized carbons (Fsp3) is 0.846. The number of ether oxygens (including phenoxy) is 1. The van der Waals surface area contributed by atoms with Crippen molar-refractivity contribution in [2.24, 2.45) is 17.1 Å². The van der Waals surface area contributed by atoms with E-state index < -0.39 is 5.41 Å². The Morgan fingerprint density at radius 3 is 2.63 bits per heavy atom. The van der Waals surface area contributed by atoms with Gasteiger partial charge >= 0.3 is 0 Å². The van der Waals surface area contributed by atoms with Crippen molar-refractivity contribution in [2.45, 2.75) is 38.8 Å². The van der Waals surface area contributed by atoms with Gasteiger partial charge in [0, 0.05) is 6.54 Å². The van der Waals surface area contributed by atoms with E-state index >= 15 is 0 Å². The second kappa shape index (κ2) is 5.34. The number of aliphatic hydroxyl groups is 1. The molecule has 19 heavy (non-hydrogen) atoms. The van der Waals surface area contributed by atoms with Crippen molar-refractivity contribution in [3.63, 3.8) is 0 Å². The van der Waals surface area contributed by atoms with Crippen LogP contribution in [0.5, 0.6) is 0 Å². The molecular formula is C13H22N2O3S. The van der Waals surface area contributed by atoms with Gasteiger partial charge in [-0.1, -0.05) is 19.1 Å². The lowest BCUT2D eigenvalue weighted by Crippen LogP contribution is -2.62. The highest BCUT2D eigenvalue weighted by molar-refractivity contribution is 7.80. The molecule has 6 heteroatoms. The van der Waals surface area contributed by atoms with E-state index in [-0.39, 0.29) is 24.7 Å². The summed E-state index contributed by atoms with van der Waals surface area (Å²) in [5.74, 6) is 0.489. The smallest absolute Gasteiger partial charge is 0.236 e. The molecule has 2 fully saturated rings. The first-order valence-corrected chi connectivity index (χ1v) is 7.15. The van der Waals surface area contributed by atoms with Crippen molar-refractivity contribution in [3.8, 4) is 0 Å². The van der Waals surface area contributed by atoms with Gasteiger partial charge in [-0.15, -0.1) is 0 Å². The van der Waals surface area contributed by atoms with E-state index in [1.807, 2.05) is 6.92 Å². The Hall–Kier alpha value is -0.720. The van der Waals surface area contributed by atoms with Crippen LogP contribution in [-0.4, -0.2) is 52.8 Å². The molecule has 0 aromatic carbocycles. The zero-order valence-electron chi connectivity index (χ0n) is 11.5. The summed E-state index contributed by atoms with van der Waals surface area (Å²) in [5.41, 5.74) is 5.15. The van der Waals surface area contributed by atoms with Crippen molar-refractivity contribution >= 4 is 23.1 Å². The minimum Gasteiger partial charge on any atom is -0.394 e. The summed E-state index contributed by atoms with van der Waals surface area (Å²) in [4.78, 5) is 14.9. The van der Waals surface area contributed by atoms with E-state index in [1.54, 1.807) is 4.90 Å². The van der Waals surface area contributed by atoms with Gasteiger partial charge in [-0.25, -0.2) is 0 Å². The van der Waals surface area contributed by atoms with E-state index in [4.69, 9.17) is 22.7 Å². The lowest BCUT2D eigenvalue weighted by molar-refractivity contribution is -0.158. The highest BCUT2D eigenvalue weighted by Crippen LogP contribution is 2.47. The SMILES string of the molecule is CC1CC(C(=O)N2CC(CO)OCC2C)(C(N)=S)C1. The van der Waals surface area contributed by atoms with Gasteiger partial charge in [-0.3, -0.25) is 4.79 Å². The number of carbonyl (C=O) groups is 1. The van der Waals surface area contributed by atoms with Crippen molar-refractivity contribution in [1.82, 2.24) is 4.90 Å². The largest absolute Gasteiger partial charge is 0.394 e. The van der Waals surface area contributed by atoms with Crippen LogP contribution in [0.4, 0.5) is 0 Å². The maximum Gasteiger partial charge on any atom is 0.236 e. The van der Waals surface area contributed by atoms with Crippen molar-refractivity contribution in [2.75, 3.05) is 19.8 Å². The first kappa shape index (κ1) is 14.7. The molecule has 0 aromatic rings. The van der Waals surface area contributed by atoms with Crippen LogP contribution in [0.25, 0.3) is 0 Å². The van der Waals surface area contributed by atoms with Crippen LogP contribution in [0.15, 0.2) is 0 Å². The highest BCUT2D eigenvalue weighted by Gasteiger charge is 2.53. The molecule has 108 valence electrons. The zero-order valence-corrected chi connectivity index (χ0v) is 12.3. The van der Waals surface area contributed by atoms with Gasteiger partial charge in [0.15, 0.2) is 0 Å². The zero-order chi connectivity index (χ0) is 14.2. The van der Waals surface area contributed by atoms with Crippen LogP contribution in [0.1, 0.15) is 26.7 Å². The van der Waals surface area contributed by atoms with E-state index in [0.717, 1.165) is 12.8 Å². The topological polar surface area (TPSA) is 75.8 Å². The lowest BCUT2D eigenvalue weighted by Gasteiger charge is -2.49. The molecular weight excluding hydrogens is 264 g/mol. The van der Waals surface area contributed by atoms with Crippen LogP contribution in [0.2, 0.25) is 0 Å². The maximum atomic E-state index is 12.8. The van der Waals surface area contributed by atoms with Crippen LogP contribution in [-0.2, 0) is 9.53 Å². The summed E-state index contributed by atoms with van der Waals surface area (Å²) in [5, 5.41) is 9.19. The summed E-state index contributed by atoms with van der Waals surface area (Å²) < 4.78 is 5.46. The van der Waals surface area contributed by atoms with E-state index in [2.05, 4.69) is 6.92 Å². The van der Waals surface area contributed by atoms with E-state index in [0.29, 0.717) is 24.1 Å². The fourth-order valence-electron chi connectivity index (χ4n) is 3.10. The third kappa shape index (κ3) is 2.49. The van der Waals surface area contributed by atoms with Crippen LogP contribution in [0.3, 0.4) is 0 Å². The number of morpholine rings is 1. The average Bonchev–Trinajstić information content (AvgIpc) is 2.34. The normalized spacial score (nSPS) is 38.7. The predicted octanol–water partition coefficient (Wildman–Crippen LogP) is 0.297. The number of nitrogens with two attached hydrogens (primary N) is 1. The van der Waals surface area contributed by atoms with Crippen LogP contribution in [0, 0.1) is 11.3 Å². The Bertz CT molecular complexity index is 382. The Morgan fingerprint density at radius 2 is 2.16 bits per heavy atom. The lowest BCUT2D eigenvalue weighted by atomic mass is 9.61. The number of hydrogen-bond acceptors (Lipinski definition) is 4. The quantitative estimate of drug-likeness (QED) is 0.730. The molecule has 1 amide bonds. The molecule has 1 heterocycles. The van der Waals surface area contributed by atoms with Gasteiger partial charge in [0.05, 0.1) is 35.8 Å². The summed E-state index contributed by atoms with van der Waals surface area (Å²) in [6.07, 6.45) is 1.16. The van der Waals surface area contributed by atoms with Gasteiger partial charge in [0.25, 0.3) is 0 Å². The molecule has 2 atom stereocenters. The second-order valence-corrected chi connectivity index (χ2v) is 6.34. The predicted molar refractivity (Wildman–Crippen MR) is 75.6 cm³/mol. The highest BCUT2D eigenvalue weighted by atomic mass is 32.1. The van der Waals surface area contributed by atoms with Crippen LogP contribution >= 0.6 is 12.2 Å². The number of rotatable bonds is 3. The average molecular weight is 286 g/mol. The second-order valence-electron chi connectivity index (χ2n) is 5.90. The number of nitrogens with zero attached hydrogens (tertiary/aromatic N) is 1. The third-order valence-electron chi connectivity index (χ3n) is 4.24. The van der Waals surface area contributed by atoms with Gasteiger partial charge < -0.3 is 20.5 Å². The van der Waals surface area contributed by atoms with Crippen LogP contribution < -0.4 is 5.73 Å².